The number of amidine groups is 1. The van der Waals surface area contributed by atoms with E-state index in [0.29, 0.717) is 21.5 Å². The summed E-state index contributed by atoms with van der Waals surface area (Å²) in [5, 5.41) is 20.3. The zero-order valence-electron chi connectivity index (χ0n) is 18.5. The van der Waals surface area contributed by atoms with Crippen LogP contribution in [0.4, 0.5) is 11.4 Å². The molecule has 0 atom stereocenters. The van der Waals surface area contributed by atoms with E-state index in [4.69, 9.17) is 9.84 Å². The maximum Gasteiger partial charge on any atom is 0.335 e. The standard InChI is InChI=1S/C25H19N3O6S/c1-27-23(29)22(35-25(27)26-19-4-2-3-18(14-19)24(30)31)13-16-7-11-21(12-8-16)34-15-17-5-9-20(10-6-17)28(32)33/h2-14H,15H2,1H3,(H,30,31)/b22-13+,26-25?. The van der Waals surface area contributed by atoms with Gasteiger partial charge in [-0.1, -0.05) is 18.2 Å². The molecule has 0 saturated carbocycles. The topological polar surface area (TPSA) is 122 Å². The van der Waals surface area contributed by atoms with Gasteiger partial charge in [0.05, 0.1) is 21.1 Å². The summed E-state index contributed by atoms with van der Waals surface area (Å²) in [4.78, 5) is 40.5. The van der Waals surface area contributed by atoms with E-state index in [0.717, 1.165) is 11.1 Å². The number of benzene rings is 3. The van der Waals surface area contributed by atoms with Gasteiger partial charge in [0.25, 0.3) is 11.6 Å². The predicted octanol–water partition coefficient (Wildman–Crippen LogP) is 5.11. The highest BCUT2D eigenvalue weighted by atomic mass is 32.2. The lowest BCUT2D eigenvalue weighted by atomic mass is 10.2. The molecule has 3 aromatic rings. The molecule has 35 heavy (non-hydrogen) atoms. The van der Waals surface area contributed by atoms with Gasteiger partial charge >= 0.3 is 5.97 Å². The Labute approximate surface area is 204 Å². The molecule has 176 valence electrons. The molecule has 1 aliphatic rings. The Morgan fingerprint density at radius 2 is 1.86 bits per heavy atom. The molecule has 1 saturated heterocycles. The van der Waals surface area contributed by atoms with E-state index in [-0.39, 0.29) is 23.8 Å². The summed E-state index contributed by atoms with van der Waals surface area (Å²) in [6, 6.07) is 19.6. The predicted molar refractivity (Wildman–Crippen MR) is 133 cm³/mol. The van der Waals surface area contributed by atoms with Crippen molar-refractivity contribution in [1.29, 1.82) is 0 Å². The fourth-order valence-corrected chi connectivity index (χ4v) is 4.15. The van der Waals surface area contributed by atoms with Gasteiger partial charge in [0.15, 0.2) is 5.17 Å². The Morgan fingerprint density at radius 1 is 1.14 bits per heavy atom. The number of aliphatic imine (C=N–C) groups is 1. The largest absolute Gasteiger partial charge is 0.489 e. The summed E-state index contributed by atoms with van der Waals surface area (Å²) >= 11 is 1.21. The van der Waals surface area contributed by atoms with Crippen LogP contribution in [0.3, 0.4) is 0 Å². The molecule has 10 heteroatoms. The van der Waals surface area contributed by atoms with E-state index in [1.165, 1.54) is 40.9 Å². The fourth-order valence-electron chi connectivity index (χ4n) is 3.16. The first-order valence-corrected chi connectivity index (χ1v) is 11.2. The Hall–Kier alpha value is -4.44. The van der Waals surface area contributed by atoms with Crippen LogP contribution < -0.4 is 4.74 Å². The fraction of sp³-hybridized carbons (Fsp3) is 0.0800. The number of carbonyl (C=O) groups is 2. The summed E-state index contributed by atoms with van der Waals surface area (Å²) in [6.07, 6.45) is 1.75. The Balaban J connectivity index is 1.42. The molecule has 0 bridgehead atoms. The van der Waals surface area contributed by atoms with Crippen LogP contribution in [0.2, 0.25) is 0 Å². The van der Waals surface area contributed by atoms with E-state index in [1.807, 2.05) is 12.1 Å². The second-order valence-electron chi connectivity index (χ2n) is 7.51. The van der Waals surface area contributed by atoms with Gasteiger partial charge in [0, 0.05) is 19.2 Å². The van der Waals surface area contributed by atoms with E-state index in [9.17, 15) is 19.7 Å². The molecule has 1 fully saturated rings. The normalized spacial score (nSPS) is 15.6. The number of ether oxygens (including phenoxy) is 1. The monoisotopic (exact) mass is 489 g/mol. The van der Waals surface area contributed by atoms with Crippen molar-refractivity contribution in [2.75, 3.05) is 7.05 Å². The minimum Gasteiger partial charge on any atom is -0.489 e. The van der Waals surface area contributed by atoms with E-state index < -0.39 is 10.9 Å². The van der Waals surface area contributed by atoms with Crippen molar-refractivity contribution in [2.24, 2.45) is 4.99 Å². The molecule has 1 heterocycles. The number of non-ortho nitro benzene ring substituents is 1. The van der Waals surface area contributed by atoms with Gasteiger partial charge in [0.1, 0.15) is 12.4 Å². The average molecular weight is 490 g/mol. The SMILES string of the molecule is CN1C(=O)/C(=C\c2ccc(OCc3ccc([N+](=O)[O-])cc3)cc2)SC1=Nc1cccc(C(=O)O)c1. The third-order valence-corrected chi connectivity index (χ3v) is 6.11. The summed E-state index contributed by atoms with van der Waals surface area (Å²) in [5.41, 5.74) is 2.20. The molecule has 1 amide bonds. The highest BCUT2D eigenvalue weighted by molar-refractivity contribution is 8.18. The Bertz CT molecular complexity index is 1350. The number of hydrogen-bond acceptors (Lipinski definition) is 7. The third-order valence-electron chi connectivity index (χ3n) is 5.05. The molecule has 0 spiro atoms. The number of carbonyl (C=O) groups excluding carboxylic acids is 1. The van der Waals surface area contributed by atoms with Crippen LogP contribution in [0.25, 0.3) is 6.08 Å². The molecule has 0 unspecified atom stereocenters. The van der Waals surface area contributed by atoms with Crippen LogP contribution in [-0.2, 0) is 11.4 Å². The number of carboxylic acid groups (broad SMARTS) is 1. The first-order valence-electron chi connectivity index (χ1n) is 10.4. The lowest BCUT2D eigenvalue weighted by Gasteiger charge is -2.07. The Kier molecular flexibility index (Phi) is 6.93. The zero-order chi connectivity index (χ0) is 24.9. The van der Waals surface area contributed by atoms with Gasteiger partial charge in [-0.25, -0.2) is 9.79 Å². The number of hydrogen-bond donors (Lipinski definition) is 1. The van der Waals surface area contributed by atoms with E-state index in [2.05, 4.69) is 4.99 Å². The van der Waals surface area contributed by atoms with Crippen molar-refractivity contribution >= 4 is 46.3 Å². The molecular formula is C25H19N3O6S. The summed E-state index contributed by atoms with van der Waals surface area (Å²) in [5.74, 6) is -0.633. The van der Waals surface area contributed by atoms with Crippen molar-refractivity contribution in [3.8, 4) is 5.75 Å². The molecule has 4 rings (SSSR count). The smallest absolute Gasteiger partial charge is 0.335 e. The average Bonchev–Trinajstić information content (AvgIpc) is 3.11. The number of nitro groups is 1. The maximum atomic E-state index is 12.7. The van der Waals surface area contributed by atoms with E-state index >= 15 is 0 Å². The highest BCUT2D eigenvalue weighted by Gasteiger charge is 2.30. The molecule has 0 aromatic heterocycles. The van der Waals surface area contributed by atoms with Crippen molar-refractivity contribution in [2.45, 2.75) is 6.61 Å². The minimum atomic E-state index is -1.05. The zero-order valence-corrected chi connectivity index (χ0v) is 19.3. The minimum absolute atomic E-state index is 0.0260. The molecular weight excluding hydrogens is 470 g/mol. The van der Waals surface area contributed by atoms with Gasteiger partial charge < -0.3 is 9.84 Å². The number of carboxylic acids is 1. The lowest BCUT2D eigenvalue weighted by molar-refractivity contribution is -0.384. The third kappa shape index (κ3) is 5.74. The van der Waals surface area contributed by atoms with Crippen LogP contribution in [-0.4, -0.2) is 39.0 Å². The van der Waals surface area contributed by atoms with Gasteiger partial charge in [-0.05, 0) is 71.4 Å². The second kappa shape index (κ2) is 10.2. The first-order chi connectivity index (χ1) is 16.8. The van der Waals surface area contributed by atoms with Gasteiger partial charge in [-0.2, -0.15) is 0 Å². The van der Waals surface area contributed by atoms with Crippen LogP contribution in [0, 0.1) is 10.1 Å². The number of amides is 1. The molecule has 3 aromatic carbocycles. The second-order valence-corrected chi connectivity index (χ2v) is 8.52. The van der Waals surface area contributed by atoms with Crippen molar-refractivity contribution < 1.29 is 24.4 Å². The van der Waals surface area contributed by atoms with Crippen molar-refractivity contribution in [3.63, 3.8) is 0 Å². The number of nitro benzene ring substituents is 1. The van der Waals surface area contributed by atoms with Crippen LogP contribution in [0.15, 0.2) is 82.7 Å². The van der Waals surface area contributed by atoms with Crippen LogP contribution in [0.5, 0.6) is 5.75 Å². The van der Waals surface area contributed by atoms with Crippen LogP contribution >= 0.6 is 11.8 Å². The number of rotatable bonds is 7. The quantitative estimate of drug-likeness (QED) is 0.278. The molecule has 0 aliphatic carbocycles. The van der Waals surface area contributed by atoms with Crippen LogP contribution in [0.1, 0.15) is 21.5 Å². The summed E-state index contributed by atoms with van der Waals surface area (Å²) < 4.78 is 5.73. The van der Waals surface area contributed by atoms with Gasteiger partial charge in [-0.3, -0.25) is 19.8 Å². The van der Waals surface area contributed by atoms with Gasteiger partial charge in [-0.15, -0.1) is 0 Å². The Morgan fingerprint density at radius 3 is 2.51 bits per heavy atom. The highest BCUT2D eigenvalue weighted by Crippen LogP contribution is 2.33. The van der Waals surface area contributed by atoms with Crippen molar-refractivity contribution in [1.82, 2.24) is 4.90 Å². The first kappa shape index (κ1) is 23.7. The summed E-state index contributed by atoms with van der Waals surface area (Å²) in [6.45, 7) is 0.264. The number of aromatic carboxylic acids is 1. The van der Waals surface area contributed by atoms with Crippen molar-refractivity contribution in [3.05, 3.63) is 105 Å². The number of nitrogens with zero attached hydrogens (tertiary/aromatic N) is 3. The lowest BCUT2D eigenvalue weighted by Crippen LogP contribution is -2.23. The number of thioether (sulfide) groups is 1. The number of likely N-dealkylation sites (N-methyl/N-ethyl adjacent to an activating group) is 1. The molecule has 1 aliphatic heterocycles. The summed E-state index contributed by atoms with van der Waals surface area (Å²) in [7, 11) is 1.62. The molecule has 0 radical (unpaired) electrons. The maximum absolute atomic E-state index is 12.7. The van der Waals surface area contributed by atoms with Gasteiger partial charge in [0.2, 0.25) is 0 Å². The van der Waals surface area contributed by atoms with E-state index in [1.54, 1.807) is 49.5 Å². The molecule has 1 N–H and O–H groups in total. The molecule has 9 nitrogen and oxygen atoms in total.